The summed E-state index contributed by atoms with van der Waals surface area (Å²) >= 11 is 0. The van der Waals surface area contributed by atoms with Crippen LogP contribution in [0.2, 0.25) is 0 Å². The molecule has 1 aliphatic heterocycles. The Bertz CT molecular complexity index is 573. The second-order valence-electron chi connectivity index (χ2n) is 4.94. The minimum absolute atomic E-state index is 0.0534. The van der Waals surface area contributed by atoms with Gasteiger partial charge in [-0.25, -0.2) is 8.42 Å². The summed E-state index contributed by atoms with van der Waals surface area (Å²) in [6.45, 7) is 1.03. The Labute approximate surface area is 125 Å². The first-order valence-corrected chi connectivity index (χ1v) is 8.62. The Morgan fingerprint density at radius 3 is 2.67 bits per heavy atom. The molecule has 0 aromatic heterocycles. The third kappa shape index (κ3) is 4.09. The van der Waals surface area contributed by atoms with E-state index in [4.69, 9.17) is 14.6 Å². The number of rotatable bonds is 6. The minimum atomic E-state index is -3.45. The number of benzene rings is 1. The van der Waals surface area contributed by atoms with Gasteiger partial charge in [0.1, 0.15) is 0 Å². The molecule has 0 fully saturated rings. The van der Waals surface area contributed by atoms with Gasteiger partial charge in [-0.2, -0.15) is 0 Å². The van der Waals surface area contributed by atoms with Crippen LogP contribution >= 0.6 is 0 Å². The normalized spacial score (nSPS) is 16.3. The molecule has 0 saturated carbocycles. The van der Waals surface area contributed by atoms with Gasteiger partial charge in [-0.1, -0.05) is 0 Å². The molecule has 21 heavy (non-hydrogen) atoms. The van der Waals surface area contributed by atoms with Gasteiger partial charge >= 0.3 is 0 Å². The van der Waals surface area contributed by atoms with E-state index in [-0.39, 0.29) is 23.3 Å². The third-order valence-electron chi connectivity index (χ3n) is 3.38. The molecule has 0 bridgehead atoms. The zero-order valence-electron chi connectivity index (χ0n) is 12.0. The van der Waals surface area contributed by atoms with Crippen LogP contribution in [0.25, 0.3) is 0 Å². The molecule has 118 valence electrons. The van der Waals surface area contributed by atoms with Crippen LogP contribution in [0.1, 0.15) is 12.8 Å². The first-order chi connectivity index (χ1) is 10.1. The summed E-state index contributed by atoms with van der Waals surface area (Å²) in [5.74, 6) is 0.979. The predicted octanol–water partition coefficient (Wildman–Crippen LogP) is 0.592. The molecule has 0 aliphatic carbocycles. The number of hydrogen-bond acceptors (Lipinski definition) is 6. The molecule has 1 atom stereocenters. The number of aliphatic hydroxyl groups excluding tert-OH is 1. The monoisotopic (exact) mass is 315 g/mol. The topological polar surface area (TPSA) is 84.9 Å². The van der Waals surface area contributed by atoms with Crippen molar-refractivity contribution in [1.29, 1.82) is 0 Å². The van der Waals surface area contributed by atoms with Gasteiger partial charge < -0.3 is 19.9 Å². The summed E-state index contributed by atoms with van der Waals surface area (Å²) in [7, 11) is -1.76. The minimum Gasteiger partial charge on any atom is -0.490 e. The van der Waals surface area contributed by atoms with Gasteiger partial charge in [-0.05, 0) is 25.6 Å². The predicted molar refractivity (Wildman–Crippen MR) is 78.7 cm³/mol. The summed E-state index contributed by atoms with van der Waals surface area (Å²) in [6.07, 6.45) is 1.16. The van der Waals surface area contributed by atoms with E-state index >= 15 is 0 Å². The highest BCUT2D eigenvalue weighted by molar-refractivity contribution is 7.91. The maximum absolute atomic E-state index is 12.4. The fourth-order valence-electron chi connectivity index (χ4n) is 2.16. The van der Waals surface area contributed by atoms with Gasteiger partial charge in [0.2, 0.25) is 0 Å². The van der Waals surface area contributed by atoms with Crippen LogP contribution in [0.3, 0.4) is 0 Å². The highest BCUT2D eigenvalue weighted by Crippen LogP contribution is 2.32. The van der Waals surface area contributed by atoms with Crippen molar-refractivity contribution in [3.05, 3.63) is 18.2 Å². The molecular weight excluding hydrogens is 294 g/mol. The number of sulfone groups is 1. The highest BCUT2D eigenvalue weighted by Gasteiger charge is 2.22. The first kappa shape index (κ1) is 16.1. The molecule has 2 rings (SSSR count). The van der Waals surface area contributed by atoms with Gasteiger partial charge in [0, 0.05) is 25.1 Å². The fourth-order valence-corrected chi connectivity index (χ4v) is 3.78. The number of aliphatic hydroxyl groups is 1. The maximum atomic E-state index is 12.4. The van der Waals surface area contributed by atoms with Gasteiger partial charge in [-0.3, -0.25) is 0 Å². The summed E-state index contributed by atoms with van der Waals surface area (Å²) in [4.78, 5) is 0.213. The number of ether oxygens (including phenoxy) is 2. The molecule has 7 heteroatoms. The van der Waals surface area contributed by atoms with E-state index < -0.39 is 9.84 Å². The summed E-state index contributed by atoms with van der Waals surface area (Å²) < 4.78 is 35.9. The molecule has 0 amide bonds. The van der Waals surface area contributed by atoms with Crippen LogP contribution < -0.4 is 14.8 Å². The van der Waals surface area contributed by atoms with E-state index in [2.05, 4.69) is 5.32 Å². The van der Waals surface area contributed by atoms with Gasteiger partial charge in [0.25, 0.3) is 0 Å². The molecule has 1 aliphatic rings. The first-order valence-electron chi connectivity index (χ1n) is 6.97. The van der Waals surface area contributed by atoms with Crippen molar-refractivity contribution in [2.75, 3.05) is 32.6 Å². The standard InChI is InChI=1S/C14H21NO5S/c1-15-11(5-6-16)10-21(17,18)12-3-4-13-14(9-12)20-8-2-7-19-13/h3-4,9,11,15-16H,2,5-8,10H2,1H3. The Balaban J connectivity index is 2.22. The molecule has 2 N–H and O–H groups in total. The van der Waals surface area contributed by atoms with E-state index in [1.54, 1.807) is 13.1 Å². The van der Waals surface area contributed by atoms with Gasteiger partial charge in [0.15, 0.2) is 21.3 Å². The maximum Gasteiger partial charge on any atom is 0.180 e. The Hall–Kier alpha value is -1.31. The van der Waals surface area contributed by atoms with Crippen molar-refractivity contribution < 1.29 is 23.0 Å². The zero-order valence-corrected chi connectivity index (χ0v) is 12.9. The number of hydrogen-bond donors (Lipinski definition) is 2. The van der Waals surface area contributed by atoms with Crippen molar-refractivity contribution in [2.24, 2.45) is 0 Å². The van der Waals surface area contributed by atoms with Crippen molar-refractivity contribution in [2.45, 2.75) is 23.8 Å². The van der Waals surface area contributed by atoms with Crippen molar-refractivity contribution in [3.8, 4) is 11.5 Å². The molecule has 1 aromatic rings. The molecule has 1 aromatic carbocycles. The van der Waals surface area contributed by atoms with Crippen LogP contribution in [0.5, 0.6) is 11.5 Å². The van der Waals surface area contributed by atoms with E-state index in [1.807, 2.05) is 0 Å². The Kier molecular flexibility index (Phi) is 5.44. The molecule has 0 spiro atoms. The Morgan fingerprint density at radius 1 is 1.29 bits per heavy atom. The second kappa shape index (κ2) is 7.11. The van der Waals surface area contributed by atoms with Crippen LogP contribution in [0.4, 0.5) is 0 Å². The van der Waals surface area contributed by atoms with E-state index in [9.17, 15) is 8.42 Å². The lowest BCUT2D eigenvalue weighted by Gasteiger charge is -2.16. The third-order valence-corrected chi connectivity index (χ3v) is 5.20. The van der Waals surface area contributed by atoms with Crippen LogP contribution in [0, 0.1) is 0 Å². The van der Waals surface area contributed by atoms with Crippen LogP contribution in [-0.4, -0.2) is 52.2 Å². The van der Waals surface area contributed by atoms with Crippen molar-refractivity contribution in [3.63, 3.8) is 0 Å². The quantitative estimate of drug-likeness (QED) is 0.799. The molecule has 1 unspecified atom stereocenters. The highest BCUT2D eigenvalue weighted by atomic mass is 32.2. The smallest absolute Gasteiger partial charge is 0.180 e. The number of fused-ring (bicyclic) bond motifs is 1. The summed E-state index contributed by atoms with van der Waals surface area (Å²) in [5, 5.41) is 11.9. The van der Waals surface area contributed by atoms with Crippen molar-refractivity contribution in [1.82, 2.24) is 5.32 Å². The van der Waals surface area contributed by atoms with Crippen LogP contribution in [-0.2, 0) is 9.84 Å². The molecule has 1 heterocycles. The van der Waals surface area contributed by atoms with E-state index in [1.165, 1.54) is 12.1 Å². The largest absolute Gasteiger partial charge is 0.490 e. The Morgan fingerprint density at radius 2 is 2.00 bits per heavy atom. The molecular formula is C14H21NO5S. The van der Waals surface area contributed by atoms with Gasteiger partial charge in [-0.15, -0.1) is 0 Å². The van der Waals surface area contributed by atoms with Crippen LogP contribution in [0.15, 0.2) is 23.1 Å². The lowest BCUT2D eigenvalue weighted by Crippen LogP contribution is -2.33. The lowest BCUT2D eigenvalue weighted by atomic mass is 10.2. The van der Waals surface area contributed by atoms with Gasteiger partial charge in [0.05, 0.1) is 23.9 Å². The summed E-state index contributed by atoms with van der Waals surface area (Å²) in [5.41, 5.74) is 0. The van der Waals surface area contributed by atoms with E-state index in [0.717, 1.165) is 6.42 Å². The van der Waals surface area contributed by atoms with Crippen molar-refractivity contribution >= 4 is 9.84 Å². The van der Waals surface area contributed by atoms with E-state index in [0.29, 0.717) is 31.1 Å². The lowest BCUT2D eigenvalue weighted by molar-refractivity contribution is 0.272. The molecule has 0 radical (unpaired) electrons. The summed E-state index contributed by atoms with van der Waals surface area (Å²) in [6, 6.07) is 4.40. The second-order valence-corrected chi connectivity index (χ2v) is 6.97. The average molecular weight is 315 g/mol. The molecule has 0 saturated heterocycles. The number of nitrogens with one attached hydrogen (secondary N) is 1. The SMILES string of the molecule is CNC(CCO)CS(=O)(=O)c1ccc2c(c1)OCCCO2. The molecule has 6 nitrogen and oxygen atoms in total. The fraction of sp³-hybridized carbons (Fsp3) is 0.571. The average Bonchev–Trinajstić information content (AvgIpc) is 2.71. The zero-order chi connectivity index (χ0) is 15.3.